The summed E-state index contributed by atoms with van der Waals surface area (Å²) < 4.78 is 0. The lowest BCUT2D eigenvalue weighted by Crippen LogP contribution is -2.02. The van der Waals surface area contributed by atoms with Gasteiger partial charge in [0.15, 0.2) is 0 Å². The third-order valence-corrected chi connectivity index (χ3v) is 0.957. The van der Waals surface area contributed by atoms with Crippen LogP contribution in [0.4, 0.5) is 0 Å². The third-order valence-electron chi connectivity index (χ3n) is 0.957. The maximum absolute atomic E-state index is 9.80. The maximum Gasteiger partial charge on any atom is 0.230 e. The predicted octanol–water partition coefficient (Wildman–Crippen LogP) is 2.21. The Morgan fingerprint density at radius 2 is 2.00 bits per heavy atom. The van der Waals surface area contributed by atoms with Crippen molar-refractivity contribution in [3.05, 3.63) is 22.4 Å². The van der Waals surface area contributed by atoms with E-state index >= 15 is 0 Å². The van der Waals surface area contributed by atoms with Crippen LogP contribution in [0.25, 0.3) is 0 Å². The van der Waals surface area contributed by atoms with E-state index in [0.717, 1.165) is 12.6 Å². The SMILES string of the molecule is CC(C)(C)C/C=C\[N+](=O)[O-]. The summed E-state index contributed by atoms with van der Waals surface area (Å²) in [6, 6.07) is 0. The van der Waals surface area contributed by atoms with Crippen molar-refractivity contribution in [3.63, 3.8) is 0 Å². The molecule has 0 radical (unpaired) electrons. The monoisotopic (exact) mass is 143 g/mol. The Bertz CT molecular complexity index is 144. The molecule has 0 fully saturated rings. The third kappa shape index (κ3) is 7.14. The van der Waals surface area contributed by atoms with Crippen molar-refractivity contribution < 1.29 is 4.92 Å². The van der Waals surface area contributed by atoms with Crippen LogP contribution in [0.1, 0.15) is 27.2 Å². The van der Waals surface area contributed by atoms with E-state index in [1.54, 1.807) is 6.08 Å². The van der Waals surface area contributed by atoms with E-state index in [2.05, 4.69) is 0 Å². The van der Waals surface area contributed by atoms with Gasteiger partial charge in [-0.3, -0.25) is 10.1 Å². The predicted molar refractivity (Wildman–Crippen MR) is 40.2 cm³/mol. The van der Waals surface area contributed by atoms with Gasteiger partial charge in [-0.25, -0.2) is 0 Å². The zero-order valence-electron chi connectivity index (χ0n) is 6.63. The van der Waals surface area contributed by atoms with E-state index in [1.165, 1.54) is 0 Å². The van der Waals surface area contributed by atoms with E-state index in [-0.39, 0.29) is 5.41 Å². The molecule has 3 heteroatoms. The highest BCUT2D eigenvalue weighted by Gasteiger charge is 2.07. The Morgan fingerprint density at radius 1 is 1.50 bits per heavy atom. The molecule has 0 aliphatic carbocycles. The van der Waals surface area contributed by atoms with Gasteiger partial charge >= 0.3 is 0 Å². The van der Waals surface area contributed by atoms with Crippen molar-refractivity contribution in [2.75, 3.05) is 0 Å². The van der Waals surface area contributed by atoms with Crippen molar-refractivity contribution >= 4 is 0 Å². The van der Waals surface area contributed by atoms with Crippen molar-refractivity contribution in [2.24, 2.45) is 5.41 Å². The lowest BCUT2D eigenvalue weighted by Gasteiger charge is -2.13. The molecule has 0 heterocycles. The maximum atomic E-state index is 9.80. The molecule has 0 aromatic rings. The Labute approximate surface area is 60.9 Å². The second-order valence-corrected chi connectivity index (χ2v) is 3.43. The van der Waals surface area contributed by atoms with E-state index in [9.17, 15) is 10.1 Å². The highest BCUT2D eigenvalue weighted by Crippen LogP contribution is 2.18. The quantitative estimate of drug-likeness (QED) is 0.439. The molecule has 0 saturated heterocycles. The number of hydrogen-bond acceptors (Lipinski definition) is 2. The molecule has 0 rings (SSSR count). The average Bonchev–Trinajstić information content (AvgIpc) is 1.59. The molecule has 3 nitrogen and oxygen atoms in total. The lowest BCUT2D eigenvalue weighted by atomic mass is 9.92. The van der Waals surface area contributed by atoms with Gasteiger partial charge in [0, 0.05) is 0 Å². The van der Waals surface area contributed by atoms with Crippen molar-refractivity contribution in [1.82, 2.24) is 0 Å². The number of nitrogens with zero attached hydrogens (tertiary/aromatic N) is 1. The molecule has 0 amide bonds. The number of rotatable bonds is 2. The number of nitro groups is 1. The summed E-state index contributed by atoms with van der Waals surface area (Å²) in [5.41, 5.74) is 0.145. The molecular weight excluding hydrogens is 130 g/mol. The van der Waals surface area contributed by atoms with Gasteiger partial charge in [0.05, 0.1) is 4.92 Å². The topological polar surface area (TPSA) is 43.1 Å². The Hall–Kier alpha value is -0.860. The van der Waals surface area contributed by atoms with Crippen LogP contribution in [0.5, 0.6) is 0 Å². The first-order valence-electron chi connectivity index (χ1n) is 3.22. The summed E-state index contributed by atoms with van der Waals surface area (Å²) in [5.74, 6) is 0. The summed E-state index contributed by atoms with van der Waals surface area (Å²) in [6.07, 6.45) is 3.32. The van der Waals surface area contributed by atoms with Gasteiger partial charge in [-0.2, -0.15) is 0 Å². The molecule has 0 bridgehead atoms. The summed E-state index contributed by atoms with van der Waals surface area (Å²) >= 11 is 0. The van der Waals surface area contributed by atoms with Crippen LogP contribution in [0.15, 0.2) is 12.3 Å². The van der Waals surface area contributed by atoms with Crippen LogP contribution < -0.4 is 0 Å². The zero-order valence-corrected chi connectivity index (χ0v) is 6.63. The van der Waals surface area contributed by atoms with Crippen molar-refractivity contribution in [1.29, 1.82) is 0 Å². The fraction of sp³-hybridized carbons (Fsp3) is 0.714. The normalized spacial score (nSPS) is 12.3. The van der Waals surface area contributed by atoms with Crippen molar-refractivity contribution in [2.45, 2.75) is 27.2 Å². The minimum atomic E-state index is -0.439. The summed E-state index contributed by atoms with van der Waals surface area (Å²) in [7, 11) is 0. The number of allylic oxidation sites excluding steroid dienone is 1. The Morgan fingerprint density at radius 3 is 2.30 bits per heavy atom. The van der Waals surface area contributed by atoms with Gasteiger partial charge in [0.1, 0.15) is 0 Å². The highest BCUT2D eigenvalue weighted by molar-refractivity contribution is 4.79. The zero-order chi connectivity index (χ0) is 8.20. The molecule has 58 valence electrons. The van der Waals surface area contributed by atoms with E-state index in [1.807, 2.05) is 20.8 Å². The van der Waals surface area contributed by atoms with Gasteiger partial charge in [0.2, 0.25) is 6.20 Å². The van der Waals surface area contributed by atoms with Gasteiger partial charge in [-0.05, 0) is 17.9 Å². The molecule has 0 aliphatic heterocycles. The molecule has 0 aromatic carbocycles. The minimum Gasteiger partial charge on any atom is -0.259 e. The van der Waals surface area contributed by atoms with Crippen LogP contribution in [0.3, 0.4) is 0 Å². The molecular formula is C7H13NO2. The standard InChI is InChI=1S/C7H13NO2/c1-7(2,3)5-4-6-8(9)10/h4,6H,5H2,1-3H3/b6-4-. The summed E-state index contributed by atoms with van der Waals surface area (Å²) in [6.45, 7) is 6.12. The highest BCUT2D eigenvalue weighted by atomic mass is 16.6. The largest absolute Gasteiger partial charge is 0.259 e. The molecule has 0 unspecified atom stereocenters. The average molecular weight is 143 g/mol. The first kappa shape index (κ1) is 9.14. The second-order valence-electron chi connectivity index (χ2n) is 3.43. The van der Waals surface area contributed by atoms with Crippen LogP contribution in [-0.4, -0.2) is 4.92 Å². The van der Waals surface area contributed by atoms with Crippen molar-refractivity contribution in [3.8, 4) is 0 Å². The molecule has 0 spiro atoms. The molecule has 0 saturated carbocycles. The summed E-state index contributed by atoms with van der Waals surface area (Å²) in [4.78, 5) is 9.37. The first-order valence-corrected chi connectivity index (χ1v) is 3.22. The summed E-state index contributed by atoms with van der Waals surface area (Å²) in [5, 5.41) is 9.80. The minimum absolute atomic E-state index is 0.145. The molecule has 0 aliphatic rings. The molecule has 0 aromatic heterocycles. The Balaban J connectivity index is 3.64. The van der Waals surface area contributed by atoms with E-state index in [0.29, 0.717) is 0 Å². The Kier molecular flexibility index (Phi) is 3.06. The second kappa shape index (κ2) is 3.34. The first-order chi connectivity index (χ1) is 4.42. The lowest BCUT2D eigenvalue weighted by molar-refractivity contribution is -0.402. The van der Waals surface area contributed by atoms with Gasteiger partial charge < -0.3 is 0 Å². The van der Waals surface area contributed by atoms with Crippen LogP contribution >= 0.6 is 0 Å². The smallest absolute Gasteiger partial charge is 0.230 e. The van der Waals surface area contributed by atoms with Crippen LogP contribution in [0.2, 0.25) is 0 Å². The van der Waals surface area contributed by atoms with Crippen LogP contribution in [0, 0.1) is 15.5 Å². The fourth-order valence-corrected chi connectivity index (χ4v) is 0.492. The fourth-order valence-electron chi connectivity index (χ4n) is 0.492. The molecule has 0 atom stereocenters. The number of hydrogen-bond donors (Lipinski definition) is 0. The van der Waals surface area contributed by atoms with Gasteiger partial charge in [-0.1, -0.05) is 20.8 Å². The molecule has 0 N–H and O–H groups in total. The molecule has 10 heavy (non-hydrogen) atoms. The van der Waals surface area contributed by atoms with E-state index < -0.39 is 4.92 Å². The van der Waals surface area contributed by atoms with Crippen LogP contribution in [-0.2, 0) is 0 Å². The van der Waals surface area contributed by atoms with Gasteiger partial charge in [0.25, 0.3) is 0 Å². The van der Waals surface area contributed by atoms with Gasteiger partial charge in [-0.15, -0.1) is 0 Å². The van der Waals surface area contributed by atoms with E-state index in [4.69, 9.17) is 0 Å².